The maximum Gasteiger partial charge on any atom is 0.269 e. The molecule has 40 heavy (non-hydrogen) atoms. The summed E-state index contributed by atoms with van der Waals surface area (Å²) in [5.74, 6) is -0.621. The second kappa shape index (κ2) is 14.7. The lowest BCUT2D eigenvalue weighted by Crippen LogP contribution is -2.35. The Hall–Kier alpha value is -3.57. The van der Waals surface area contributed by atoms with Gasteiger partial charge in [-0.3, -0.25) is 19.4 Å². The van der Waals surface area contributed by atoms with Crippen LogP contribution in [0.5, 0.6) is 0 Å². The van der Waals surface area contributed by atoms with Crippen molar-refractivity contribution in [2.75, 3.05) is 51.1 Å². The number of hydrogen-bond acceptors (Lipinski definition) is 8. The number of rotatable bonds is 13. The van der Waals surface area contributed by atoms with Crippen LogP contribution in [0.3, 0.4) is 0 Å². The molecule has 2 aromatic rings. The van der Waals surface area contributed by atoms with Crippen LogP contribution in [0.25, 0.3) is 0 Å². The van der Waals surface area contributed by atoms with Gasteiger partial charge in [0.1, 0.15) is 16.0 Å². The Morgan fingerprint density at radius 3 is 2.67 bits per heavy atom. The zero-order chi connectivity index (χ0) is 28.3. The first-order valence-electron chi connectivity index (χ1n) is 14.0. The van der Waals surface area contributed by atoms with Crippen molar-refractivity contribution in [3.05, 3.63) is 70.6 Å². The lowest BCUT2D eigenvalue weighted by atomic mass is 10.2. The number of carbonyl (C=O) groups excluding carboxylic acids is 3. The van der Waals surface area contributed by atoms with Crippen LogP contribution < -0.4 is 21.7 Å². The maximum atomic E-state index is 13.1. The summed E-state index contributed by atoms with van der Waals surface area (Å²) in [4.78, 5) is 46.7. The third-order valence-electron chi connectivity index (χ3n) is 6.98. The number of nitrogens with one attached hydrogen (secondary N) is 3. The number of likely N-dealkylation sites (tertiary alicyclic amines) is 1. The molecule has 2 saturated heterocycles. The van der Waals surface area contributed by atoms with Gasteiger partial charge in [0.05, 0.1) is 0 Å². The molecular weight excluding hydrogens is 526 g/mol. The standard InChI is InChI=1S/C29H39N7O3S/c1-2-36-28(39)24(40-29(36)25(30)27(38)33-15-12-22-10-3-4-13-31-22)20-34-23-11-7-9-21(19-23)26(37)32-14-8-18-35-16-5-6-17-35/h3-4,7,9-11,13,19,24,34H,2,5-6,8,12,14-18,20,30H2,1H3,(H,32,37)(H,33,38)/b29-25+/t24-/m1/s1. The summed E-state index contributed by atoms with van der Waals surface area (Å²) in [7, 11) is 0. The van der Waals surface area contributed by atoms with E-state index >= 15 is 0 Å². The number of nitrogens with zero attached hydrogens (tertiary/aromatic N) is 3. The molecule has 10 nitrogen and oxygen atoms in total. The number of aromatic nitrogens is 1. The fraction of sp³-hybridized carbons (Fsp3) is 0.448. The molecule has 3 heterocycles. The van der Waals surface area contributed by atoms with Crippen molar-refractivity contribution in [1.29, 1.82) is 0 Å². The Morgan fingerprint density at radius 2 is 1.93 bits per heavy atom. The van der Waals surface area contributed by atoms with Gasteiger partial charge in [-0.2, -0.15) is 0 Å². The highest BCUT2D eigenvalue weighted by atomic mass is 32.2. The van der Waals surface area contributed by atoms with Crippen molar-refractivity contribution in [1.82, 2.24) is 25.4 Å². The fourth-order valence-corrected chi connectivity index (χ4v) is 6.03. The molecule has 0 aliphatic carbocycles. The third-order valence-corrected chi connectivity index (χ3v) is 8.29. The molecule has 2 aliphatic rings. The van der Waals surface area contributed by atoms with Crippen molar-refractivity contribution >= 4 is 35.2 Å². The van der Waals surface area contributed by atoms with E-state index in [1.807, 2.05) is 37.3 Å². The predicted octanol–water partition coefficient (Wildman–Crippen LogP) is 2.16. The van der Waals surface area contributed by atoms with Crippen molar-refractivity contribution < 1.29 is 14.4 Å². The molecule has 4 rings (SSSR count). The Kier molecular flexibility index (Phi) is 10.8. The summed E-state index contributed by atoms with van der Waals surface area (Å²) < 4.78 is 0. The number of benzene rings is 1. The maximum absolute atomic E-state index is 13.1. The van der Waals surface area contributed by atoms with E-state index in [-0.39, 0.29) is 17.5 Å². The minimum Gasteiger partial charge on any atom is -0.392 e. The largest absolute Gasteiger partial charge is 0.392 e. The van der Waals surface area contributed by atoms with Gasteiger partial charge in [-0.05, 0) is 76.2 Å². The summed E-state index contributed by atoms with van der Waals surface area (Å²) in [5, 5.41) is 9.12. The first-order valence-corrected chi connectivity index (χ1v) is 14.8. The SMILES string of the molecule is CCN1C(=O)[C@@H](CNc2cccc(C(=O)NCCCN3CCCC3)c2)S/C1=C(/N)C(=O)NCCc1ccccn1. The third kappa shape index (κ3) is 7.98. The first-order chi connectivity index (χ1) is 19.5. The van der Waals surface area contributed by atoms with Crippen molar-refractivity contribution in [2.45, 2.75) is 37.9 Å². The average Bonchev–Trinajstić information content (AvgIpc) is 3.61. The van der Waals surface area contributed by atoms with Crippen molar-refractivity contribution in [3.8, 4) is 0 Å². The Balaban J connectivity index is 1.27. The molecule has 1 aromatic heterocycles. The van der Waals surface area contributed by atoms with Gasteiger partial charge in [0.15, 0.2) is 0 Å². The number of pyridine rings is 1. The van der Waals surface area contributed by atoms with E-state index < -0.39 is 11.2 Å². The van der Waals surface area contributed by atoms with Crippen LogP contribution in [-0.4, -0.2) is 83.6 Å². The molecular formula is C29H39N7O3S. The van der Waals surface area contributed by atoms with Crippen LogP contribution in [0.15, 0.2) is 59.4 Å². The lowest BCUT2D eigenvalue weighted by molar-refractivity contribution is -0.127. The van der Waals surface area contributed by atoms with Gasteiger partial charge < -0.3 is 31.5 Å². The van der Waals surface area contributed by atoms with E-state index in [4.69, 9.17) is 5.73 Å². The first kappa shape index (κ1) is 29.4. The summed E-state index contributed by atoms with van der Waals surface area (Å²) in [6.07, 6.45) is 5.76. The van der Waals surface area contributed by atoms with Crippen molar-refractivity contribution in [2.24, 2.45) is 5.73 Å². The molecule has 1 aromatic carbocycles. The number of carbonyl (C=O) groups is 3. The van der Waals surface area contributed by atoms with Gasteiger partial charge in [0.25, 0.3) is 11.8 Å². The summed E-state index contributed by atoms with van der Waals surface area (Å²) in [6.45, 7) is 6.95. The fourth-order valence-electron chi connectivity index (χ4n) is 4.80. The molecule has 11 heteroatoms. The van der Waals surface area contributed by atoms with Gasteiger partial charge in [-0.15, -0.1) is 0 Å². The molecule has 0 radical (unpaired) electrons. The predicted molar refractivity (Wildman–Crippen MR) is 158 cm³/mol. The highest BCUT2D eigenvalue weighted by Crippen LogP contribution is 2.36. The molecule has 0 unspecified atom stereocenters. The second-order valence-corrected chi connectivity index (χ2v) is 11.0. The van der Waals surface area contributed by atoms with Gasteiger partial charge in [-0.1, -0.05) is 23.9 Å². The summed E-state index contributed by atoms with van der Waals surface area (Å²) in [6, 6.07) is 12.9. The van der Waals surface area contributed by atoms with E-state index in [0.717, 1.165) is 37.4 Å². The minimum atomic E-state index is -0.446. The molecule has 5 N–H and O–H groups in total. The Bertz CT molecular complexity index is 1200. The van der Waals surface area contributed by atoms with E-state index in [1.54, 1.807) is 23.2 Å². The van der Waals surface area contributed by atoms with Crippen LogP contribution in [0.4, 0.5) is 5.69 Å². The monoisotopic (exact) mass is 565 g/mol. The topological polar surface area (TPSA) is 133 Å². The van der Waals surface area contributed by atoms with Crippen LogP contribution in [-0.2, 0) is 16.0 Å². The zero-order valence-electron chi connectivity index (χ0n) is 23.0. The smallest absolute Gasteiger partial charge is 0.269 e. The second-order valence-electron chi connectivity index (χ2n) is 9.85. The van der Waals surface area contributed by atoms with Crippen LogP contribution >= 0.6 is 11.8 Å². The van der Waals surface area contributed by atoms with Crippen LogP contribution in [0, 0.1) is 0 Å². The van der Waals surface area contributed by atoms with Gasteiger partial charge in [0, 0.05) is 55.7 Å². The normalized spacial score (nSPS) is 18.6. The number of thioether (sulfide) groups is 1. The molecule has 214 valence electrons. The number of anilines is 1. The van der Waals surface area contributed by atoms with Crippen molar-refractivity contribution in [3.63, 3.8) is 0 Å². The molecule has 2 aliphatic heterocycles. The van der Waals surface area contributed by atoms with Gasteiger partial charge in [-0.25, -0.2) is 0 Å². The summed E-state index contributed by atoms with van der Waals surface area (Å²) in [5.41, 5.74) is 8.43. The number of hydrogen-bond donors (Lipinski definition) is 4. The van der Waals surface area contributed by atoms with Gasteiger partial charge >= 0.3 is 0 Å². The lowest BCUT2D eigenvalue weighted by Gasteiger charge is -2.16. The highest BCUT2D eigenvalue weighted by molar-refractivity contribution is 8.04. The number of nitrogens with two attached hydrogens (primary N) is 1. The molecule has 2 fully saturated rings. The molecule has 0 spiro atoms. The number of amides is 3. The van der Waals surface area contributed by atoms with Crippen LogP contribution in [0.2, 0.25) is 0 Å². The molecule has 0 bridgehead atoms. The van der Waals surface area contributed by atoms with Crippen LogP contribution in [0.1, 0.15) is 42.2 Å². The van der Waals surface area contributed by atoms with Gasteiger partial charge in [0.2, 0.25) is 5.91 Å². The summed E-state index contributed by atoms with van der Waals surface area (Å²) >= 11 is 1.28. The average molecular weight is 566 g/mol. The molecule has 1 atom stereocenters. The molecule has 0 saturated carbocycles. The van der Waals surface area contributed by atoms with E-state index in [0.29, 0.717) is 43.2 Å². The highest BCUT2D eigenvalue weighted by Gasteiger charge is 2.38. The molecule has 3 amide bonds. The Morgan fingerprint density at radius 1 is 1.10 bits per heavy atom. The Labute approximate surface area is 240 Å². The quantitative estimate of drug-likeness (QED) is 0.215. The minimum absolute atomic E-state index is 0.0344. The van der Waals surface area contributed by atoms with E-state index in [1.165, 1.54) is 24.6 Å². The van der Waals surface area contributed by atoms with E-state index in [2.05, 4.69) is 25.8 Å². The zero-order valence-corrected chi connectivity index (χ0v) is 23.8. The van der Waals surface area contributed by atoms with E-state index in [9.17, 15) is 14.4 Å².